The van der Waals surface area contributed by atoms with Crippen LogP contribution in [0.2, 0.25) is 10.0 Å². The molecule has 0 saturated carbocycles. The lowest BCUT2D eigenvalue weighted by atomic mass is 10.2. The van der Waals surface area contributed by atoms with Gasteiger partial charge in [-0.15, -0.1) is 0 Å². The standard InChI is InChI=1S/C17H14Cl2FN3O3S/c1-10(17-21-16(22-26-17)12-3-5-13(20)6-4-12)23-27(24,25)9-11-2-7-14(18)15(19)8-11/h2-8,10,23H,9H2,1H3. The summed E-state index contributed by atoms with van der Waals surface area (Å²) in [6.45, 7) is 1.58. The first kappa shape index (κ1) is 19.8. The molecule has 6 nitrogen and oxygen atoms in total. The van der Waals surface area contributed by atoms with E-state index in [2.05, 4.69) is 14.9 Å². The summed E-state index contributed by atoms with van der Waals surface area (Å²) in [6.07, 6.45) is 0. The minimum atomic E-state index is -3.70. The molecule has 0 spiro atoms. The van der Waals surface area contributed by atoms with Crippen LogP contribution in [0.15, 0.2) is 47.0 Å². The zero-order chi connectivity index (χ0) is 19.6. The monoisotopic (exact) mass is 429 g/mol. The second-order valence-corrected chi connectivity index (χ2v) is 8.38. The van der Waals surface area contributed by atoms with Crippen molar-refractivity contribution in [1.29, 1.82) is 0 Å². The van der Waals surface area contributed by atoms with Gasteiger partial charge < -0.3 is 4.52 Å². The van der Waals surface area contributed by atoms with Gasteiger partial charge in [-0.25, -0.2) is 17.5 Å². The SMILES string of the molecule is CC(NS(=O)(=O)Cc1ccc(Cl)c(Cl)c1)c1nc(-c2ccc(F)cc2)no1. The highest BCUT2D eigenvalue weighted by molar-refractivity contribution is 7.88. The van der Waals surface area contributed by atoms with Crippen molar-refractivity contribution in [3.63, 3.8) is 0 Å². The third-order valence-electron chi connectivity index (χ3n) is 3.61. The largest absolute Gasteiger partial charge is 0.337 e. The smallest absolute Gasteiger partial charge is 0.244 e. The van der Waals surface area contributed by atoms with Gasteiger partial charge in [0.1, 0.15) is 5.82 Å². The molecule has 1 atom stereocenters. The molecule has 0 bridgehead atoms. The Kier molecular flexibility index (Phi) is 5.81. The van der Waals surface area contributed by atoms with Crippen LogP contribution in [-0.2, 0) is 15.8 Å². The Bertz CT molecular complexity index is 1060. The molecule has 142 valence electrons. The number of nitrogens with zero attached hydrogens (tertiary/aromatic N) is 2. The predicted molar refractivity (Wildman–Crippen MR) is 100 cm³/mol. The molecular weight excluding hydrogens is 416 g/mol. The van der Waals surface area contributed by atoms with Crippen LogP contribution >= 0.6 is 23.2 Å². The zero-order valence-corrected chi connectivity index (χ0v) is 16.3. The second-order valence-electron chi connectivity index (χ2n) is 5.81. The highest BCUT2D eigenvalue weighted by Crippen LogP contribution is 2.24. The summed E-state index contributed by atoms with van der Waals surface area (Å²) in [6, 6.07) is 9.41. The molecule has 1 unspecified atom stereocenters. The summed E-state index contributed by atoms with van der Waals surface area (Å²) in [7, 11) is -3.70. The first-order valence-corrected chi connectivity index (χ1v) is 10.2. The molecule has 0 radical (unpaired) electrons. The van der Waals surface area contributed by atoms with Crippen LogP contribution in [0.5, 0.6) is 0 Å². The molecule has 10 heteroatoms. The number of benzene rings is 2. The van der Waals surface area contributed by atoms with Gasteiger partial charge in [0.05, 0.1) is 21.8 Å². The number of aromatic nitrogens is 2. The third-order valence-corrected chi connectivity index (χ3v) is 5.78. The van der Waals surface area contributed by atoms with Gasteiger partial charge in [0.25, 0.3) is 0 Å². The first-order chi connectivity index (χ1) is 12.7. The van der Waals surface area contributed by atoms with Crippen LogP contribution in [0.1, 0.15) is 24.4 Å². The van der Waals surface area contributed by atoms with Crippen molar-refractivity contribution < 1.29 is 17.3 Å². The molecule has 0 saturated heterocycles. The fraction of sp³-hybridized carbons (Fsp3) is 0.176. The average molecular weight is 430 g/mol. The van der Waals surface area contributed by atoms with Crippen molar-refractivity contribution in [2.75, 3.05) is 0 Å². The van der Waals surface area contributed by atoms with Crippen molar-refractivity contribution in [1.82, 2.24) is 14.9 Å². The van der Waals surface area contributed by atoms with Gasteiger partial charge in [-0.2, -0.15) is 4.98 Å². The van der Waals surface area contributed by atoms with Crippen LogP contribution in [0.25, 0.3) is 11.4 Å². The zero-order valence-electron chi connectivity index (χ0n) is 14.0. The Morgan fingerprint density at radius 3 is 2.52 bits per heavy atom. The Hall–Kier alpha value is -2.00. The van der Waals surface area contributed by atoms with Crippen LogP contribution in [0, 0.1) is 5.82 Å². The Labute approximate surface area is 165 Å². The van der Waals surface area contributed by atoms with E-state index < -0.39 is 16.1 Å². The van der Waals surface area contributed by atoms with E-state index in [4.69, 9.17) is 27.7 Å². The van der Waals surface area contributed by atoms with E-state index in [1.807, 2.05) is 0 Å². The Balaban J connectivity index is 1.71. The summed E-state index contributed by atoms with van der Waals surface area (Å²) in [5.41, 5.74) is 1.04. The molecule has 2 aromatic carbocycles. The number of hydrogen-bond acceptors (Lipinski definition) is 5. The van der Waals surface area contributed by atoms with Crippen LogP contribution < -0.4 is 4.72 Å². The van der Waals surface area contributed by atoms with Crippen LogP contribution in [-0.4, -0.2) is 18.6 Å². The highest BCUT2D eigenvalue weighted by atomic mass is 35.5. The van der Waals surface area contributed by atoms with E-state index in [0.29, 0.717) is 16.1 Å². The van der Waals surface area contributed by atoms with Gasteiger partial charge in [-0.05, 0) is 48.9 Å². The molecule has 0 amide bonds. The molecule has 3 aromatic rings. The summed E-state index contributed by atoms with van der Waals surface area (Å²) in [4.78, 5) is 4.16. The quantitative estimate of drug-likeness (QED) is 0.628. The van der Waals surface area contributed by atoms with Crippen molar-refractivity contribution in [2.24, 2.45) is 0 Å². The van der Waals surface area contributed by atoms with E-state index in [-0.39, 0.29) is 28.3 Å². The van der Waals surface area contributed by atoms with E-state index in [0.717, 1.165) is 0 Å². The first-order valence-electron chi connectivity index (χ1n) is 7.77. The second kappa shape index (κ2) is 7.93. The van der Waals surface area contributed by atoms with Gasteiger partial charge >= 0.3 is 0 Å². The van der Waals surface area contributed by atoms with Crippen molar-refractivity contribution in [3.8, 4) is 11.4 Å². The molecule has 0 aliphatic heterocycles. The van der Waals surface area contributed by atoms with Crippen LogP contribution in [0.3, 0.4) is 0 Å². The molecule has 1 heterocycles. The molecule has 0 fully saturated rings. The lowest BCUT2D eigenvalue weighted by Gasteiger charge is -2.11. The topological polar surface area (TPSA) is 85.1 Å². The third kappa shape index (κ3) is 5.04. The number of halogens is 3. The van der Waals surface area contributed by atoms with Gasteiger partial charge in [0.2, 0.25) is 21.7 Å². The van der Waals surface area contributed by atoms with Gasteiger partial charge in [-0.3, -0.25) is 0 Å². The van der Waals surface area contributed by atoms with E-state index in [9.17, 15) is 12.8 Å². The summed E-state index contributed by atoms with van der Waals surface area (Å²) in [5, 5.41) is 4.42. The van der Waals surface area contributed by atoms with Crippen molar-refractivity contribution >= 4 is 33.2 Å². The van der Waals surface area contributed by atoms with E-state index in [1.54, 1.807) is 13.0 Å². The summed E-state index contributed by atoms with van der Waals surface area (Å²) < 4.78 is 45.3. The maximum Gasteiger partial charge on any atom is 0.244 e. The number of rotatable bonds is 6. The predicted octanol–water partition coefficient (Wildman–Crippen LogP) is 4.36. The minimum Gasteiger partial charge on any atom is -0.337 e. The maximum atomic E-state index is 13.0. The van der Waals surface area contributed by atoms with Gasteiger partial charge in [0.15, 0.2) is 0 Å². The highest BCUT2D eigenvalue weighted by Gasteiger charge is 2.22. The van der Waals surface area contributed by atoms with Crippen molar-refractivity contribution in [2.45, 2.75) is 18.7 Å². The van der Waals surface area contributed by atoms with E-state index >= 15 is 0 Å². The summed E-state index contributed by atoms with van der Waals surface area (Å²) >= 11 is 11.7. The van der Waals surface area contributed by atoms with E-state index in [1.165, 1.54) is 36.4 Å². The number of sulfonamides is 1. The average Bonchev–Trinajstić information content (AvgIpc) is 3.08. The van der Waals surface area contributed by atoms with Gasteiger partial charge in [0, 0.05) is 5.56 Å². The Morgan fingerprint density at radius 1 is 1.15 bits per heavy atom. The Morgan fingerprint density at radius 2 is 1.85 bits per heavy atom. The maximum absolute atomic E-state index is 13.0. The molecule has 1 N–H and O–H groups in total. The molecular formula is C17H14Cl2FN3O3S. The number of hydrogen-bond donors (Lipinski definition) is 1. The van der Waals surface area contributed by atoms with Crippen molar-refractivity contribution in [3.05, 3.63) is 69.8 Å². The van der Waals surface area contributed by atoms with Crippen LogP contribution in [0.4, 0.5) is 4.39 Å². The number of nitrogens with one attached hydrogen (secondary N) is 1. The van der Waals surface area contributed by atoms with Gasteiger partial charge in [-0.1, -0.05) is 34.4 Å². The normalized spacial score (nSPS) is 12.9. The lowest BCUT2D eigenvalue weighted by Crippen LogP contribution is -2.28. The molecule has 0 aliphatic carbocycles. The molecule has 1 aromatic heterocycles. The lowest BCUT2D eigenvalue weighted by molar-refractivity contribution is 0.353. The summed E-state index contributed by atoms with van der Waals surface area (Å²) in [5.74, 6) is -0.342. The molecule has 27 heavy (non-hydrogen) atoms. The fourth-order valence-corrected chi connectivity index (χ4v) is 4.00. The minimum absolute atomic E-state index is 0.0899. The fourth-order valence-electron chi connectivity index (χ4n) is 2.34. The molecule has 3 rings (SSSR count). The molecule has 0 aliphatic rings.